The molecule has 0 unspecified atom stereocenters. The van der Waals surface area contributed by atoms with Gasteiger partial charge in [0.1, 0.15) is 12.6 Å². The van der Waals surface area contributed by atoms with Gasteiger partial charge < -0.3 is 10.2 Å². The molecule has 36 heavy (non-hydrogen) atoms. The van der Waals surface area contributed by atoms with Crippen LogP contribution in [-0.4, -0.2) is 54.9 Å². The van der Waals surface area contributed by atoms with Gasteiger partial charge in [0.2, 0.25) is 21.8 Å². The summed E-state index contributed by atoms with van der Waals surface area (Å²) in [4.78, 5) is 38.4. The first-order valence-electron chi connectivity index (χ1n) is 11.3. The van der Waals surface area contributed by atoms with E-state index < -0.39 is 39.3 Å². The number of carbonyl (C=O) groups excluding carboxylic acids is 2. The summed E-state index contributed by atoms with van der Waals surface area (Å²) in [6.45, 7) is 6.18. The average Bonchev–Trinajstić information content (AvgIpc) is 2.80. The van der Waals surface area contributed by atoms with Crippen LogP contribution in [0.4, 0.5) is 11.4 Å². The van der Waals surface area contributed by atoms with Crippen LogP contribution in [0.15, 0.2) is 42.5 Å². The zero-order valence-corrected chi connectivity index (χ0v) is 22.5. The van der Waals surface area contributed by atoms with Gasteiger partial charge in [0.05, 0.1) is 16.9 Å². The van der Waals surface area contributed by atoms with Crippen LogP contribution in [0.2, 0.25) is 5.02 Å². The second kappa shape index (κ2) is 12.2. The third-order valence-corrected chi connectivity index (χ3v) is 7.31. The van der Waals surface area contributed by atoms with Gasteiger partial charge in [-0.25, -0.2) is 8.42 Å². The monoisotopic (exact) mass is 538 g/mol. The van der Waals surface area contributed by atoms with Crippen molar-refractivity contribution in [3.63, 3.8) is 0 Å². The van der Waals surface area contributed by atoms with Crippen LogP contribution in [-0.2, 0) is 26.2 Å². The molecule has 2 rings (SSSR count). The highest BCUT2D eigenvalue weighted by Gasteiger charge is 2.31. The quantitative estimate of drug-likeness (QED) is 0.343. The Balaban J connectivity index is 2.49. The number of carbonyl (C=O) groups is 2. The number of rotatable bonds is 11. The summed E-state index contributed by atoms with van der Waals surface area (Å²) in [5.41, 5.74) is 0.701. The summed E-state index contributed by atoms with van der Waals surface area (Å²) < 4.78 is 26.2. The van der Waals surface area contributed by atoms with Crippen LogP contribution in [0.3, 0.4) is 0 Å². The second-order valence-electron chi connectivity index (χ2n) is 8.60. The molecule has 0 aliphatic heterocycles. The highest BCUT2D eigenvalue weighted by atomic mass is 35.5. The average molecular weight is 539 g/mol. The number of non-ortho nitro benzene ring substituents is 1. The number of hydrogen-bond donors (Lipinski definition) is 1. The maximum atomic E-state index is 13.6. The van der Waals surface area contributed by atoms with E-state index in [1.807, 2.05) is 13.8 Å². The highest BCUT2D eigenvalue weighted by molar-refractivity contribution is 7.92. The molecular formula is C24H31ClN4O6S. The lowest BCUT2D eigenvalue weighted by molar-refractivity contribution is -0.384. The first-order valence-corrected chi connectivity index (χ1v) is 13.5. The molecule has 0 aliphatic rings. The number of hydrogen-bond acceptors (Lipinski definition) is 6. The third kappa shape index (κ3) is 7.41. The summed E-state index contributed by atoms with van der Waals surface area (Å²) in [6.07, 6.45) is 1.60. The smallest absolute Gasteiger partial charge is 0.271 e. The molecule has 2 amide bonds. The molecule has 196 valence electrons. The van der Waals surface area contributed by atoms with Crippen molar-refractivity contribution in [3.8, 4) is 0 Å². The molecule has 0 spiro atoms. The van der Waals surface area contributed by atoms with E-state index >= 15 is 0 Å². The molecular weight excluding hydrogens is 508 g/mol. The van der Waals surface area contributed by atoms with Crippen molar-refractivity contribution in [2.24, 2.45) is 0 Å². The zero-order valence-electron chi connectivity index (χ0n) is 20.9. The lowest BCUT2D eigenvalue weighted by Gasteiger charge is -2.32. The van der Waals surface area contributed by atoms with Crippen molar-refractivity contribution in [1.29, 1.82) is 0 Å². The number of halogens is 1. The topological polar surface area (TPSA) is 130 Å². The van der Waals surface area contributed by atoms with E-state index in [0.29, 0.717) is 22.6 Å². The summed E-state index contributed by atoms with van der Waals surface area (Å²) >= 11 is 6.30. The lowest BCUT2D eigenvalue weighted by Crippen LogP contribution is -2.52. The van der Waals surface area contributed by atoms with Crippen LogP contribution in [0.5, 0.6) is 0 Å². The number of sulfonamides is 1. The van der Waals surface area contributed by atoms with Gasteiger partial charge in [0, 0.05) is 29.7 Å². The van der Waals surface area contributed by atoms with Gasteiger partial charge in [0.15, 0.2) is 0 Å². The molecule has 10 nitrogen and oxygen atoms in total. The minimum atomic E-state index is -4.02. The van der Waals surface area contributed by atoms with Gasteiger partial charge in [-0.05, 0) is 44.4 Å². The van der Waals surface area contributed by atoms with Gasteiger partial charge in [-0.1, -0.05) is 42.8 Å². The molecule has 2 atom stereocenters. The molecule has 0 heterocycles. The summed E-state index contributed by atoms with van der Waals surface area (Å²) in [5, 5.41) is 14.5. The van der Waals surface area contributed by atoms with Gasteiger partial charge in [0.25, 0.3) is 5.69 Å². The van der Waals surface area contributed by atoms with Crippen LogP contribution >= 0.6 is 11.6 Å². The van der Waals surface area contributed by atoms with Crippen LogP contribution in [0, 0.1) is 17.0 Å². The van der Waals surface area contributed by atoms with Crippen LogP contribution in [0.1, 0.15) is 38.3 Å². The molecule has 2 aromatic rings. The fraction of sp³-hybridized carbons (Fsp3) is 0.417. The maximum Gasteiger partial charge on any atom is 0.271 e. The van der Waals surface area contributed by atoms with Crippen molar-refractivity contribution in [2.75, 3.05) is 17.1 Å². The predicted molar refractivity (Wildman–Crippen MR) is 139 cm³/mol. The molecule has 0 fully saturated rings. The van der Waals surface area contributed by atoms with Crippen molar-refractivity contribution < 1.29 is 22.9 Å². The van der Waals surface area contributed by atoms with Crippen molar-refractivity contribution in [1.82, 2.24) is 10.2 Å². The number of nitro benzene ring substituents is 1. The largest absolute Gasteiger partial charge is 0.352 e. The summed E-state index contributed by atoms with van der Waals surface area (Å²) in [7, 11) is -4.02. The number of nitrogens with zero attached hydrogens (tertiary/aromatic N) is 3. The number of benzene rings is 2. The molecule has 1 N–H and O–H groups in total. The van der Waals surface area contributed by atoms with Crippen molar-refractivity contribution >= 4 is 44.8 Å². The minimum Gasteiger partial charge on any atom is -0.352 e. The minimum absolute atomic E-state index is 0.00875. The Kier molecular flexibility index (Phi) is 9.83. The maximum absolute atomic E-state index is 13.6. The molecule has 12 heteroatoms. The van der Waals surface area contributed by atoms with E-state index in [2.05, 4.69) is 5.32 Å². The first kappa shape index (κ1) is 29.1. The Morgan fingerprint density at radius 1 is 1.17 bits per heavy atom. The normalized spacial score (nSPS) is 12.9. The van der Waals surface area contributed by atoms with Gasteiger partial charge in [-0.2, -0.15) is 0 Å². The summed E-state index contributed by atoms with van der Waals surface area (Å²) in [5.74, 6) is -1.07. The zero-order chi connectivity index (χ0) is 27.2. The Morgan fingerprint density at radius 3 is 2.36 bits per heavy atom. The third-order valence-electron chi connectivity index (χ3n) is 5.82. The number of anilines is 1. The first-order chi connectivity index (χ1) is 16.8. The summed E-state index contributed by atoms with van der Waals surface area (Å²) in [6, 6.07) is 9.54. The molecule has 0 aromatic heterocycles. The highest BCUT2D eigenvalue weighted by Crippen LogP contribution is 2.28. The molecule has 0 bridgehead atoms. The van der Waals surface area contributed by atoms with Gasteiger partial charge >= 0.3 is 0 Å². The molecule has 0 radical (unpaired) electrons. The Labute approximate surface area is 216 Å². The van der Waals surface area contributed by atoms with Crippen LogP contribution < -0.4 is 9.62 Å². The Morgan fingerprint density at radius 2 is 1.81 bits per heavy atom. The molecule has 0 saturated heterocycles. The SMILES string of the molecule is CC[C@H](C)NC(=O)[C@H](C)N(Cc1ccccc1Cl)C(=O)CN(c1cc([N+](=O)[O-])ccc1C)S(C)(=O)=O. The van der Waals surface area contributed by atoms with E-state index in [4.69, 9.17) is 11.6 Å². The van der Waals surface area contributed by atoms with E-state index in [0.717, 1.165) is 16.6 Å². The van der Waals surface area contributed by atoms with Crippen LogP contribution in [0.25, 0.3) is 0 Å². The van der Waals surface area contributed by atoms with Crippen molar-refractivity contribution in [2.45, 2.75) is 52.7 Å². The number of nitrogens with one attached hydrogen (secondary N) is 1. The van der Waals surface area contributed by atoms with Gasteiger partial charge in [-0.15, -0.1) is 0 Å². The van der Waals surface area contributed by atoms with E-state index in [9.17, 15) is 28.1 Å². The second-order valence-corrected chi connectivity index (χ2v) is 10.9. The van der Waals surface area contributed by atoms with E-state index in [-0.39, 0.29) is 24.0 Å². The fourth-order valence-electron chi connectivity index (χ4n) is 3.43. The Hall–Kier alpha value is -3.18. The predicted octanol–water partition coefficient (Wildman–Crippen LogP) is 3.65. The number of aryl methyl sites for hydroxylation is 1. The molecule has 0 aliphatic carbocycles. The number of amides is 2. The lowest BCUT2D eigenvalue weighted by atomic mass is 10.1. The molecule has 0 saturated carbocycles. The number of nitro groups is 1. The molecule has 2 aromatic carbocycles. The van der Waals surface area contributed by atoms with E-state index in [1.165, 1.54) is 17.0 Å². The standard InChI is InChI=1S/C24H31ClN4O6S/c1-6-17(3)26-24(31)18(4)27(14-19-9-7-8-10-21(19)25)23(30)15-28(36(5,34)35)22-13-20(29(32)33)12-11-16(22)2/h7-13,17-18H,6,14-15H2,1-5H3,(H,26,31)/t17-,18-/m0/s1. The fourth-order valence-corrected chi connectivity index (χ4v) is 4.53. The van der Waals surface area contributed by atoms with Gasteiger partial charge in [-0.3, -0.25) is 24.0 Å². The van der Waals surface area contributed by atoms with Crippen molar-refractivity contribution in [3.05, 3.63) is 68.7 Å². The van der Waals surface area contributed by atoms with E-state index in [1.54, 1.807) is 38.1 Å². The Bertz CT molecular complexity index is 1240.